The van der Waals surface area contributed by atoms with Gasteiger partial charge in [0.2, 0.25) is 0 Å². The molecule has 3 rings (SSSR count). The van der Waals surface area contributed by atoms with Crippen molar-refractivity contribution in [3.05, 3.63) is 65.0 Å². The first-order valence-electron chi connectivity index (χ1n) is 8.19. The van der Waals surface area contributed by atoms with Crippen molar-refractivity contribution in [2.75, 3.05) is 19.7 Å². The van der Waals surface area contributed by atoms with Crippen molar-refractivity contribution in [1.82, 2.24) is 9.88 Å². The first-order chi connectivity index (χ1) is 11.7. The van der Waals surface area contributed by atoms with Crippen LogP contribution in [0.3, 0.4) is 0 Å². The van der Waals surface area contributed by atoms with Crippen LogP contribution in [0.4, 0.5) is 0 Å². The lowest BCUT2D eigenvalue weighted by molar-refractivity contribution is 0.0550. The van der Waals surface area contributed by atoms with Gasteiger partial charge in [-0.3, -0.25) is 4.79 Å². The first-order valence-corrected chi connectivity index (χ1v) is 8.56. The van der Waals surface area contributed by atoms with Gasteiger partial charge in [0, 0.05) is 25.9 Å². The van der Waals surface area contributed by atoms with Crippen LogP contribution in [0.5, 0.6) is 0 Å². The molecule has 1 aliphatic rings. The number of benzene rings is 1. The van der Waals surface area contributed by atoms with Gasteiger partial charge in [-0.1, -0.05) is 54.1 Å². The number of H-pyrrole nitrogens is 1. The normalized spacial score (nSPS) is 17.5. The number of aromatic nitrogens is 1. The minimum atomic E-state index is -0.0601. The van der Waals surface area contributed by atoms with Crippen LogP contribution in [0, 0.1) is 0 Å². The summed E-state index contributed by atoms with van der Waals surface area (Å²) >= 11 is 5.92. The maximum Gasteiger partial charge on any atom is 0.270 e. The third-order valence-electron chi connectivity index (χ3n) is 4.05. The summed E-state index contributed by atoms with van der Waals surface area (Å²) in [4.78, 5) is 17.5. The zero-order chi connectivity index (χ0) is 16.8. The SMILES string of the molecule is O=C(c1cc(Cl)c[nH]1)N(C/C=C/c1ccccc1)CC1CCCO1. The van der Waals surface area contributed by atoms with Crippen LogP contribution in [0.25, 0.3) is 6.08 Å². The van der Waals surface area contributed by atoms with Crippen molar-refractivity contribution < 1.29 is 9.53 Å². The quantitative estimate of drug-likeness (QED) is 0.860. The van der Waals surface area contributed by atoms with Crippen molar-refractivity contribution >= 4 is 23.6 Å². The van der Waals surface area contributed by atoms with E-state index in [1.165, 1.54) is 0 Å². The molecule has 2 heterocycles. The van der Waals surface area contributed by atoms with E-state index in [9.17, 15) is 4.79 Å². The molecule has 1 N–H and O–H groups in total. The van der Waals surface area contributed by atoms with Crippen LogP contribution in [0.15, 0.2) is 48.7 Å². The number of rotatable bonds is 6. The van der Waals surface area contributed by atoms with Gasteiger partial charge in [-0.05, 0) is 24.5 Å². The average molecular weight is 345 g/mol. The van der Waals surface area contributed by atoms with Crippen LogP contribution < -0.4 is 0 Å². The minimum absolute atomic E-state index is 0.0601. The van der Waals surface area contributed by atoms with Crippen molar-refractivity contribution in [1.29, 1.82) is 0 Å². The first kappa shape index (κ1) is 16.8. The van der Waals surface area contributed by atoms with E-state index >= 15 is 0 Å². The number of amides is 1. The second-order valence-corrected chi connectivity index (χ2v) is 6.33. The number of hydrogen-bond acceptors (Lipinski definition) is 2. The molecular weight excluding hydrogens is 324 g/mol. The number of halogens is 1. The van der Waals surface area contributed by atoms with E-state index in [1.807, 2.05) is 42.5 Å². The van der Waals surface area contributed by atoms with E-state index in [1.54, 1.807) is 17.2 Å². The number of nitrogens with zero attached hydrogens (tertiary/aromatic N) is 1. The molecule has 24 heavy (non-hydrogen) atoms. The number of carbonyl (C=O) groups excluding carboxylic acids is 1. The number of aromatic amines is 1. The van der Waals surface area contributed by atoms with Crippen LogP contribution in [0.1, 0.15) is 28.9 Å². The van der Waals surface area contributed by atoms with Crippen molar-refractivity contribution in [2.24, 2.45) is 0 Å². The van der Waals surface area contributed by atoms with Gasteiger partial charge >= 0.3 is 0 Å². The number of nitrogens with one attached hydrogen (secondary N) is 1. The van der Waals surface area contributed by atoms with Gasteiger partial charge in [0.1, 0.15) is 5.69 Å². The third-order valence-corrected chi connectivity index (χ3v) is 4.27. The fourth-order valence-corrected chi connectivity index (χ4v) is 2.98. The van der Waals surface area contributed by atoms with Crippen molar-refractivity contribution in [2.45, 2.75) is 18.9 Å². The molecule has 1 aromatic carbocycles. The summed E-state index contributed by atoms with van der Waals surface area (Å²) in [5.74, 6) is -0.0601. The Labute approximate surface area is 147 Å². The summed E-state index contributed by atoms with van der Waals surface area (Å²) in [5.41, 5.74) is 1.62. The van der Waals surface area contributed by atoms with Gasteiger partial charge < -0.3 is 14.6 Å². The van der Waals surface area contributed by atoms with Crippen LogP contribution in [-0.4, -0.2) is 41.6 Å². The predicted octanol–water partition coefficient (Wildman–Crippen LogP) is 4.00. The molecule has 1 fully saturated rings. The third kappa shape index (κ3) is 4.49. The second-order valence-electron chi connectivity index (χ2n) is 5.89. The van der Waals surface area contributed by atoms with E-state index in [0.29, 0.717) is 23.8 Å². The van der Waals surface area contributed by atoms with E-state index < -0.39 is 0 Å². The smallest absolute Gasteiger partial charge is 0.270 e. The Hall–Kier alpha value is -2.04. The maximum absolute atomic E-state index is 12.7. The van der Waals surface area contributed by atoms with Crippen molar-refractivity contribution in [3.63, 3.8) is 0 Å². The molecule has 126 valence electrons. The zero-order valence-electron chi connectivity index (χ0n) is 13.5. The van der Waals surface area contributed by atoms with Gasteiger partial charge in [-0.25, -0.2) is 0 Å². The Bertz CT molecular complexity index is 690. The summed E-state index contributed by atoms with van der Waals surface area (Å²) in [6, 6.07) is 11.7. The Balaban J connectivity index is 1.69. The lowest BCUT2D eigenvalue weighted by Crippen LogP contribution is -2.37. The Morgan fingerprint density at radius 3 is 2.88 bits per heavy atom. The van der Waals surface area contributed by atoms with E-state index in [-0.39, 0.29) is 12.0 Å². The summed E-state index contributed by atoms with van der Waals surface area (Å²) in [5, 5.41) is 0.537. The molecule has 4 nitrogen and oxygen atoms in total. The van der Waals surface area contributed by atoms with Crippen LogP contribution in [0.2, 0.25) is 5.02 Å². The lowest BCUT2D eigenvalue weighted by Gasteiger charge is -2.23. The van der Waals surface area contributed by atoms with Crippen LogP contribution >= 0.6 is 11.6 Å². The molecule has 0 spiro atoms. The van der Waals surface area contributed by atoms with E-state index in [0.717, 1.165) is 25.0 Å². The van der Waals surface area contributed by atoms with Gasteiger partial charge in [-0.15, -0.1) is 0 Å². The Kier molecular flexibility index (Phi) is 5.72. The molecule has 0 radical (unpaired) electrons. The molecule has 0 bridgehead atoms. The van der Waals surface area contributed by atoms with E-state index in [4.69, 9.17) is 16.3 Å². The average Bonchev–Trinajstić information content (AvgIpc) is 3.26. The molecule has 2 aromatic rings. The molecule has 5 heteroatoms. The molecule has 1 aliphatic heterocycles. The van der Waals surface area contributed by atoms with Gasteiger partial charge in [0.25, 0.3) is 5.91 Å². The minimum Gasteiger partial charge on any atom is -0.376 e. The van der Waals surface area contributed by atoms with Gasteiger partial charge in [0.15, 0.2) is 0 Å². The molecule has 1 amide bonds. The molecule has 0 aliphatic carbocycles. The van der Waals surface area contributed by atoms with Gasteiger partial charge in [0.05, 0.1) is 11.1 Å². The molecule has 1 saturated heterocycles. The van der Waals surface area contributed by atoms with Crippen LogP contribution in [-0.2, 0) is 4.74 Å². The number of hydrogen-bond donors (Lipinski definition) is 1. The summed E-state index contributed by atoms with van der Waals surface area (Å²) in [7, 11) is 0. The maximum atomic E-state index is 12.7. The summed E-state index contributed by atoms with van der Waals surface area (Å²) in [6.07, 6.45) is 7.83. The zero-order valence-corrected chi connectivity index (χ0v) is 14.2. The van der Waals surface area contributed by atoms with E-state index in [2.05, 4.69) is 4.98 Å². The monoisotopic (exact) mass is 344 g/mol. The fraction of sp³-hybridized carbons (Fsp3) is 0.316. The molecule has 1 atom stereocenters. The summed E-state index contributed by atoms with van der Waals surface area (Å²) < 4.78 is 5.69. The highest BCUT2D eigenvalue weighted by Crippen LogP contribution is 2.17. The summed E-state index contributed by atoms with van der Waals surface area (Å²) in [6.45, 7) is 1.90. The highest BCUT2D eigenvalue weighted by molar-refractivity contribution is 6.30. The Morgan fingerprint density at radius 1 is 1.38 bits per heavy atom. The predicted molar refractivity (Wildman–Crippen MR) is 96.2 cm³/mol. The standard InChI is InChI=1S/C19H21ClN2O2/c20-16-12-18(21-13-16)19(23)22(14-17-9-5-11-24-17)10-4-8-15-6-2-1-3-7-15/h1-4,6-8,12-13,17,21H,5,9-11,14H2/b8-4+. The lowest BCUT2D eigenvalue weighted by atomic mass is 10.2. The number of carbonyl (C=O) groups is 1. The molecule has 1 unspecified atom stereocenters. The second kappa shape index (κ2) is 8.18. The van der Waals surface area contributed by atoms with Gasteiger partial charge in [-0.2, -0.15) is 0 Å². The highest BCUT2D eigenvalue weighted by Gasteiger charge is 2.23. The molecule has 0 saturated carbocycles. The van der Waals surface area contributed by atoms with Crippen molar-refractivity contribution in [3.8, 4) is 0 Å². The molecular formula is C19H21ClN2O2. The topological polar surface area (TPSA) is 45.3 Å². The molecule has 1 aromatic heterocycles. The fourth-order valence-electron chi connectivity index (χ4n) is 2.82. The Morgan fingerprint density at radius 2 is 2.21 bits per heavy atom. The number of ether oxygens (including phenoxy) is 1. The highest BCUT2D eigenvalue weighted by atomic mass is 35.5. The largest absolute Gasteiger partial charge is 0.376 e.